The lowest BCUT2D eigenvalue weighted by molar-refractivity contribution is -0.113. The third-order valence-electron chi connectivity index (χ3n) is 2.24. The molecule has 0 aromatic heterocycles. The highest BCUT2D eigenvalue weighted by Crippen LogP contribution is 2.27. The molecule has 1 aromatic carbocycles. The average Bonchev–Trinajstić information content (AvgIpc) is 2.14. The molecule has 0 aliphatic carbocycles. The summed E-state index contributed by atoms with van der Waals surface area (Å²) in [5, 5.41) is 0. The third kappa shape index (κ3) is 2.59. The van der Waals surface area contributed by atoms with Crippen LogP contribution in [0.25, 0.3) is 0 Å². The molecule has 0 fully saturated rings. The van der Waals surface area contributed by atoms with Gasteiger partial charge in [-0.3, -0.25) is 4.79 Å². The standard InChI is InChI=1S/C12H14INO/c1-5-11(15)14(4)12-9(3)6-8(2)7-10(12)13/h5-7H,1H2,2-4H3. The summed E-state index contributed by atoms with van der Waals surface area (Å²) in [6.07, 6.45) is 1.33. The molecule has 0 radical (unpaired) electrons. The summed E-state index contributed by atoms with van der Waals surface area (Å²) in [7, 11) is 1.77. The van der Waals surface area contributed by atoms with Crippen LogP contribution in [0.1, 0.15) is 11.1 Å². The smallest absolute Gasteiger partial charge is 0.250 e. The first-order chi connectivity index (χ1) is 6.97. The predicted octanol–water partition coefficient (Wildman–Crippen LogP) is 3.06. The first kappa shape index (κ1) is 12.2. The van der Waals surface area contributed by atoms with Crippen LogP contribution in [0.15, 0.2) is 24.8 Å². The summed E-state index contributed by atoms with van der Waals surface area (Å²) in [4.78, 5) is 13.1. The van der Waals surface area contributed by atoms with Crippen molar-refractivity contribution in [3.8, 4) is 0 Å². The number of halogens is 1. The Morgan fingerprint density at radius 2 is 2.07 bits per heavy atom. The number of anilines is 1. The first-order valence-electron chi connectivity index (χ1n) is 4.64. The lowest BCUT2D eigenvalue weighted by Crippen LogP contribution is -2.25. The van der Waals surface area contributed by atoms with Gasteiger partial charge in [-0.2, -0.15) is 0 Å². The summed E-state index contributed by atoms with van der Waals surface area (Å²) in [6, 6.07) is 4.14. The van der Waals surface area contributed by atoms with E-state index < -0.39 is 0 Å². The van der Waals surface area contributed by atoms with Crippen molar-refractivity contribution in [2.75, 3.05) is 11.9 Å². The Kier molecular flexibility index (Phi) is 3.90. The highest BCUT2D eigenvalue weighted by Gasteiger charge is 2.13. The van der Waals surface area contributed by atoms with Crippen molar-refractivity contribution in [2.24, 2.45) is 0 Å². The number of rotatable bonds is 2. The molecule has 0 saturated carbocycles. The molecule has 0 bridgehead atoms. The van der Waals surface area contributed by atoms with E-state index in [-0.39, 0.29) is 5.91 Å². The van der Waals surface area contributed by atoms with Crippen LogP contribution in [-0.2, 0) is 4.79 Å². The summed E-state index contributed by atoms with van der Waals surface area (Å²) >= 11 is 2.25. The van der Waals surface area contributed by atoms with Crippen LogP contribution in [0.5, 0.6) is 0 Å². The van der Waals surface area contributed by atoms with E-state index in [1.807, 2.05) is 13.8 Å². The number of nitrogens with zero attached hydrogens (tertiary/aromatic N) is 1. The molecule has 0 aliphatic rings. The summed E-state index contributed by atoms with van der Waals surface area (Å²) < 4.78 is 1.09. The van der Waals surface area contributed by atoms with Crippen LogP contribution in [-0.4, -0.2) is 13.0 Å². The van der Waals surface area contributed by atoms with Gasteiger partial charge in [0.15, 0.2) is 0 Å². The van der Waals surface area contributed by atoms with Gasteiger partial charge < -0.3 is 4.90 Å². The number of carbonyl (C=O) groups is 1. The molecular formula is C12H14INO. The zero-order valence-corrected chi connectivity index (χ0v) is 11.3. The number of hydrogen-bond donors (Lipinski definition) is 0. The number of aryl methyl sites for hydroxylation is 2. The van der Waals surface area contributed by atoms with E-state index in [0.717, 1.165) is 14.8 Å². The molecule has 0 aliphatic heterocycles. The fourth-order valence-corrected chi connectivity index (χ4v) is 2.86. The van der Waals surface area contributed by atoms with Gasteiger partial charge >= 0.3 is 0 Å². The van der Waals surface area contributed by atoms with Crippen molar-refractivity contribution in [1.82, 2.24) is 0 Å². The Morgan fingerprint density at radius 3 is 2.53 bits per heavy atom. The SMILES string of the molecule is C=CC(=O)N(C)c1c(C)cc(C)cc1I. The number of benzene rings is 1. The van der Waals surface area contributed by atoms with Gasteiger partial charge in [0.05, 0.1) is 5.69 Å². The van der Waals surface area contributed by atoms with Gasteiger partial charge in [0.25, 0.3) is 0 Å². The van der Waals surface area contributed by atoms with E-state index in [9.17, 15) is 4.79 Å². The topological polar surface area (TPSA) is 20.3 Å². The number of likely N-dealkylation sites (N-methyl/N-ethyl adjacent to an activating group) is 1. The summed E-state index contributed by atoms with van der Waals surface area (Å²) in [5.74, 6) is -0.0835. The van der Waals surface area contributed by atoms with Crippen molar-refractivity contribution < 1.29 is 4.79 Å². The number of hydrogen-bond acceptors (Lipinski definition) is 1. The van der Waals surface area contributed by atoms with Gasteiger partial charge in [0, 0.05) is 10.6 Å². The zero-order chi connectivity index (χ0) is 11.6. The molecule has 0 atom stereocenters. The molecule has 0 N–H and O–H groups in total. The predicted molar refractivity (Wildman–Crippen MR) is 72.2 cm³/mol. The van der Waals surface area contributed by atoms with E-state index in [0.29, 0.717) is 0 Å². The minimum absolute atomic E-state index is 0.0835. The minimum Gasteiger partial charge on any atom is -0.311 e. The largest absolute Gasteiger partial charge is 0.311 e. The van der Waals surface area contributed by atoms with E-state index in [1.165, 1.54) is 11.6 Å². The van der Waals surface area contributed by atoms with Gasteiger partial charge in [-0.25, -0.2) is 0 Å². The van der Waals surface area contributed by atoms with E-state index in [4.69, 9.17) is 0 Å². The molecule has 80 valence electrons. The molecule has 0 heterocycles. The van der Waals surface area contributed by atoms with Crippen molar-refractivity contribution in [3.05, 3.63) is 39.5 Å². The minimum atomic E-state index is -0.0835. The van der Waals surface area contributed by atoms with Crippen molar-refractivity contribution in [3.63, 3.8) is 0 Å². The first-order valence-corrected chi connectivity index (χ1v) is 5.72. The molecule has 2 nitrogen and oxygen atoms in total. The van der Waals surface area contributed by atoms with Crippen LogP contribution in [0.4, 0.5) is 5.69 Å². The fraction of sp³-hybridized carbons (Fsp3) is 0.250. The molecule has 1 aromatic rings. The average molecular weight is 315 g/mol. The van der Waals surface area contributed by atoms with Gasteiger partial charge in [-0.05, 0) is 59.7 Å². The lowest BCUT2D eigenvalue weighted by Gasteiger charge is -2.20. The Bertz CT molecular complexity index is 389. The Labute approximate surface area is 104 Å². The van der Waals surface area contributed by atoms with Gasteiger partial charge in [0.2, 0.25) is 5.91 Å². The molecule has 3 heteroatoms. The molecule has 0 saturated heterocycles. The second-order valence-electron chi connectivity index (χ2n) is 3.51. The van der Waals surface area contributed by atoms with Crippen LogP contribution < -0.4 is 4.90 Å². The quantitative estimate of drug-likeness (QED) is 0.607. The maximum atomic E-state index is 11.5. The van der Waals surface area contributed by atoms with E-state index in [1.54, 1.807) is 11.9 Å². The maximum absolute atomic E-state index is 11.5. The van der Waals surface area contributed by atoms with Crippen molar-refractivity contribution >= 4 is 34.2 Å². The molecule has 15 heavy (non-hydrogen) atoms. The normalized spacial score (nSPS) is 9.87. The highest BCUT2D eigenvalue weighted by molar-refractivity contribution is 14.1. The van der Waals surface area contributed by atoms with E-state index >= 15 is 0 Å². The Morgan fingerprint density at radius 1 is 1.47 bits per heavy atom. The molecule has 0 spiro atoms. The van der Waals surface area contributed by atoms with Crippen LogP contribution in [0.3, 0.4) is 0 Å². The van der Waals surface area contributed by atoms with Crippen LogP contribution in [0, 0.1) is 17.4 Å². The maximum Gasteiger partial charge on any atom is 0.250 e. The Hall–Kier alpha value is -0.840. The van der Waals surface area contributed by atoms with Crippen LogP contribution in [0.2, 0.25) is 0 Å². The molecule has 1 rings (SSSR count). The summed E-state index contributed by atoms with van der Waals surface area (Å²) in [6.45, 7) is 7.55. The second-order valence-corrected chi connectivity index (χ2v) is 4.68. The molecular weight excluding hydrogens is 301 g/mol. The van der Waals surface area contributed by atoms with Gasteiger partial charge in [-0.1, -0.05) is 12.6 Å². The lowest BCUT2D eigenvalue weighted by atomic mass is 10.1. The van der Waals surface area contributed by atoms with Gasteiger partial charge in [-0.15, -0.1) is 0 Å². The second kappa shape index (κ2) is 4.79. The fourth-order valence-electron chi connectivity index (χ4n) is 1.58. The number of amides is 1. The highest BCUT2D eigenvalue weighted by atomic mass is 127. The zero-order valence-electron chi connectivity index (χ0n) is 9.17. The van der Waals surface area contributed by atoms with Crippen LogP contribution >= 0.6 is 22.6 Å². The summed E-state index contributed by atoms with van der Waals surface area (Å²) in [5.41, 5.74) is 3.28. The molecule has 0 unspecified atom stereocenters. The number of carbonyl (C=O) groups excluding carboxylic acids is 1. The molecule has 1 amide bonds. The van der Waals surface area contributed by atoms with Crippen molar-refractivity contribution in [2.45, 2.75) is 13.8 Å². The van der Waals surface area contributed by atoms with Gasteiger partial charge in [0.1, 0.15) is 0 Å². The third-order valence-corrected chi connectivity index (χ3v) is 3.06. The Balaban J connectivity index is 3.25. The van der Waals surface area contributed by atoms with Crippen molar-refractivity contribution in [1.29, 1.82) is 0 Å². The monoisotopic (exact) mass is 315 g/mol. The van der Waals surface area contributed by atoms with E-state index in [2.05, 4.69) is 41.3 Å².